The first-order valence-electron chi connectivity index (χ1n) is 6.00. The van der Waals surface area contributed by atoms with Gasteiger partial charge in [-0.25, -0.2) is 9.98 Å². The maximum absolute atomic E-state index is 8.00. The molecule has 2 N–H and O–H groups in total. The second-order valence-corrected chi connectivity index (χ2v) is 3.12. The molecule has 0 spiro atoms. The van der Waals surface area contributed by atoms with Crippen LogP contribution < -0.4 is 5.73 Å². The molecule has 0 aromatic heterocycles. The van der Waals surface area contributed by atoms with E-state index in [0.29, 0.717) is 0 Å². The van der Waals surface area contributed by atoms with Crippen LogP contribution in [-0.2, 0) is 9.59 Å². The van der Waals surface area contributed by atoms with Crippen LogP contribution in [0.4, 0.5) is 0 Å². The number of nitrogens with two attached hydrogens (primary N) is 1. The fourth-order valence-electron chi connectivity index (χ4n) is 1.48. The van der Waals surface area contributed by atoms with Crippen LogP contribution in [0.15, 0.2) is 22.8 Å². The first kappa shape index (κ1) is 22.2. The van der Waals surface area contributed by atoms with Crippen LogP contribution in [0.3, 0.4) is 0 Å². The molecule has 0 aliphatic carbocycles. The monoisotopic (exact) mass is 270 g/mol. The summed E-state index contributed by atoms with van der Waals surface area (Å²) in [6.07, 6.45) is 4.05. The highest BCUT2D eigenvalue weighted by Crippen LogP contribution is 2.12. The Balaban J connectivity index is -0.000000375. The number of piperidine rings is 1. The van der Waals surface area contributed by atoms with Gasteiger partial charge in [0.25, 0.3) is 0 Å². The van der Waals surface area contributed by atoms with Gasteiger partial charge in [0.15, 0.2) is 0 Å². The molecular weight excluding hydrogens is 244 g/mol. The molecule has 1 rings (SSSR count). The summed E-state index contributed by atoms with van der Waals surface area (Å²) < 4.78 is 0. The number of nitrogens with zero attached hydrogens (tertiary/aromatic N) is 3. The highest BCUT2D eigenvalue weighted by atomic mass is 16.1. The van der Waals surface area contributed by atoms with Gasteiger partial charge in [0, 0.05) is 13.1 Å². The first-order valence-corrected chi connectivity index (χ1v) is 6.00. The maximum Gasteiger partial charge on any atom is 0.215 e. The topological polar surface area (TPSA) is 88.1 Å². The lowest BCUT2D eigenvalue weighted by atomic mass is 10.1. The van der Waals surface area contributed by atoms with E-state index in [0.717, 1.165) is 25.9 Å². The largest absolute Gasteiger partial charge is 0.376 e. The van der Waals surface area contributed by atoms with Gasteiger partial charge in [-0.2, -0.15) is 0 Å². The molecule has 1 saturated heterocycles. The number of guanidine groups is 1. The second-order valence-electron chi connectivity index (χ2n) is 3.12. The predicted octanol–water partition coefficient (Wildman–Crippen LogP) is 1.27. The number of carbonyl (C=O) groups is 2. The number of hydrogen-bond acceptors (Lipinski definition) is 4. The molecule has 1 aliphatic heterocycles. The molecule has 110 valence electrons. The molecular formula is C13H26N4O2. The Labute approximate surface area is 116 Å². The molecule has 0 aromatic carbocycles. The van der Waals surface area contributed by atoms with Crippen molar-refractivity contribution in [2.45, 2.75) is 32.7 Å². The van der Waals surface area contributed by atoms with Gasteiger partial charge in [-0.05, 0) is 25.8 Å². The third kappa shape index (κ3) is 12.3. The van der Waals surface area contributed by atoms with Gasteiger partial charge in [0.2, 0.25) is 5.96 Å². The minimum atomic E-state index is 0.247. The maximum atomic E-state index is 8.00. The standard InChI is InChI=1S/C9H16N4.C2H6.2CH2O/c1-3-13-6-4-5-8(7-13)12-9(10)11-2;3*1-2/h3,8H,1-2,4-7H2,(H2,10,12);1-2H3;2*1H2. The van der Waals surface area contributed by atoms with Crippen molar-refractivity contribution in [3.63, 3.8) is 0 Å². The lowest BCUT2D eigenvalue weighted by Gasteiger charge is -2.29. The van der Waals surface area contributed by atoms with Crippen LogP contribution in [0, 0.1) is 0 Å². The molecule has 6 heteroatoms. The lowest BCUT2D eigenvalue weighted by Crippen LogP contribution is -2.34. The molecule has 0 saturated carbocycles. The molecule has 0 amide bonds. The van der Waals surface area contributed by atoms with Gasteiger partial charge in [0.05, 0.1) is 6.04 Å². The molecule has 1 unspecified atom stereocenters. The van der Waals surface area contributed by atoms with E-state index in [9.17, 15) is 0 Å². The Morgan fingerprint density at radius 3 is 2.26 bits per heavy atom. The predicted molar refractivity (Wildman–Crippen MR) is 81.6 cm³/mol. The van der Waals surface area contributed by atoms with Crippen molar-refractivity contribution in [2.24, 2.45) is 15.7 Å². The molecule has 0 bridgehead atoms. The number of rotatable bonds is 2. The van der Waals surface area contributed by atoms with Crippen LogP contribution in [0.1, 0.15) is 26.7 Å². The van der Waals surface area contributed by atoms with Crippen LogP contribution in [-0.4, -0.2) is 50.3 Å². The summed E-state index contributed by atoms with van der Waals surface area (Å²) in [6, 6.07) is 0.247. The van der Waals surface area contributed by atoms with Crippen LogP contribution in [0.2, 0.25) is 0 Å². The first-order chi connectivity index (χ1) is 9.26. The van der Waals surface area contributed by atoms with E-state index >= 15 is 0 Å². The van der Waals surface area contributed by atoms with E-state index in [1.54, 1.807) is 0 Å². The Hall–Kier alpha value is -1.98. The molecule has 0 aromatic rings. The van der Waals surface area contributed by atoms with Gasteiger partial charge in [0.1, 0.15) is 13.6 Å². The zero-order valence-electron chi connectivity index (χ0n) is 12.0. The summed E-state index contributed by atoms with van der Waals surface area (Å²) >= 11 is 0. The third-order valence-corrected chi connectivity index (χ3v) is 2.16. The Morgan fingerprint density at radius 1 is 1.32 bits per heavy atom. The quantitative estimate of drug-likeness (QED) is 0.604. The number of carbonyl (C=O) groups excluding carboxylic acids is 2. The van der Waals surface area contributed by atoms with E-state index in [2.05, 4.69) is 28.2 Å². The lowest BCUT2D eigenvalue weighted by molar-refractivity contribution is -0.0987. The average Bonchev–Trinajstić information content (AvgIpc) is 2.53. The van der Waals surface area contributed by atoms with Crippen LogP contribution >= 0.6 is 0 Å². The van der Waals surface area contributed by atoms with Gasteiger partial charge in [-0.1, -0.05) is 20.4 Å². The van der Waals surface area contributed by atoms with E-state index in [1.165, 1.54) is 0 Å². The molecule has 1 heterocycles. The van der Waals surface area contributed by atoms with Crippen molar-refractivity contribution in [1.82, 2.24) is 4.90 Å². The SMILES string of the molecule is C=CN1CCCC(N=C(N)N=C)C1.C=O.C=O.CC. The number of hydrogen-bond donors (Lipinski definition) is 1. The minimum absolute atomic E-state index is 0.247. The van der Waals surface area contributed by atoms with Gasteiger partial charge < -0.3 is 20.2 Å². The average molecular weight is 270 g/mol. The molecule has 1 atom stereocenters. The second kappa shape index (κ2) is 18.4. The van der Waals surface area contributed by atoms with E-state index in [-0.39, 0.29) is 12.0 Å². The summed E-state index contributed by atoms with van der Waals surface area (Å²) in [7, 11) is 0. The smallest absolute Gasteiger partial charge is 0.215 e. The van der Waals surface area contributed by atoms with Crippen LogP contribution in [0.5, 0.6) is 0 Å². The Kier molecular flexibility index (Phi) is 21.5. The van der Waals surface area contributed by atoms with Crippen molar-refractivity contribution < 1.29 is 9.59 Å². The summed E-state index contributed by atoms with van der Waals surface area (Å²) in [5, 5.41) is 0. The van der Waals surface area contributed by atoms with Gasteiger partial charge in [-0.15, -0.1) is 0 Å². The fraction of sp³-hybridized carbons (Fsp3) is 0.538. The van der Waals surface area contributed by atoms with Crippen molar-refractivity contribution in [2.75, 3.05) is 13.1 Å². The Morgan fingerprint density at radius 2 is 1.84 bits per heavy atom. The third-order valence-electron chi connectivity index (χ3n) is 2.16. The van der Waals surface area contributed by atoms with E-state index in [1.807, 2.05) is 33.6 Å². The van der Waals surface area contributed by atoms with Crippen molar-refractivity contribution in [3.8, 4) is 0 Å². The van der Waals surface area contributed by atoms with E-state index in [4.69, 9.17) is 15.3 Å². The molecule has 19 heavy (non-hydrogen) atoms. The zero-order chi connectivity index (χ0) is 15.7. The zero-order valence-corrected chi connectivity index (χ0v) is 12.0. The molecule has 1 aliphatic rings. The Bertz CT molecular complexity index is 255. The highest BCUT2D eigenvalue weighted by Gasteiger charge is 2.16. The minimum Gasteiger partial charge on any atom is -0.376 e. The van der Waals surface area contributed by atoms with Crippen molar-refractivity contribution in [1.29, 1.82) is 0 Å². The summed E-state index contributed by atoms with van der Waals surface area (Å²) in [6.45, 7) is 17.0. The molecule has 0 radical (unpaired) electrons. The normalized spacial score (nSPS) is 17.3. The summed E-state index contributed by atoms with van der Waals surface area (Å²) in [4.78, 5) is 25.9. The van der Waals surface area contributed by atoms with Crippen molar-refractivity contribution in [3.05, 3.63) is 12.8 Å². The van der Waals surface area contributed by atoms with Gasteiger partial charge in [-0.3, -0.25) is 0 Å². The highest BCUT2D eigenvalue weighted by molar-refractivity contribution is 5.82. The van der Waals surface area contributed by atoms with E-state index < -0.39 is 0 Å². The number of likely N-dealkylation sites (tertiary alicyclic amines) is 1. The molecule has 1 fully saturated rings. The summed E-state index contributed by atoms with van der Waals surface area (Å²) in [5.41, 5.74) is 5.47. The van der Waals surface area contributed by atoms with Crippen LogP contribution in [0.25, 0.3) is 0 Å². The van der Waals surface area contributed by atoms with Gasteiger partial charge >= 0.3 is 0 Å². The van der Waals surface area contributed by atoms with Crippen molar-refractivity contribution >= 4 is 26.3 Å². The fourth-order valence-corrected chi connectivity index (χ4v) is 1.48. The summed E-state index contributed by atoms with van der Waals surface area (Å²) in [5.74, 6) is 0.288. The molecule has 6 nitrogen and oxygen atoms in total. The number of aliphatic imine (C=N–C) groups is 2.